The van der Waals surface area contributed by atoms with Gasteiger partial charge in [-0.25, -0.2) is 22.0 Å². The second kappa shape index (κ2) is 14.3. The van der Waals surface area contributed by atoms with Crippen LogP contribution in [0.25, 0.3) is 0 Å². The van der Waals surface area contributed by atoms with Crippen molar-refractivity contribution in [2.45, 2.75) is 109 Å². The van der Waals surface area contributed by atoms with Crippen LogP contribution in [0.4, 0.5) is 39.5 Å². The van der Waals surface area contributed by atoms with Gasteiger partial charge in [0.2, 0.25) is 5.82 Å². The van der Waals surface area contributed by atoms with Crippen LogP contribution in [0.2, 0.25) is 0 Å². The molecule has 1 unspecified atom stereocenters. The van der Waals surface area contributed by atoms with Crippen molar-refractivity contribution in [2.75, 3.05) is 0 Å². The van der Waals surface area contributed by atoms with Crippen molar-refractivity contribution in [3.63, 3.8) is 0 Å². The van der Waals surface area contributed by atoms with Crippen molar-refractivity contribution in [3.05, 3.63) is 98.6 Å². The van der Waals surface area contributed by atoms with Gasteiger partial charge in [-0.15, -0.1) is 13.2 Å². The zero-order valence-corrected chi connectivity index (χ0v) is 25.6. The minimum Gasteiger partial charge on any atom is -0.403 e. The average Bonchev–Trinajstić information content (AvgIpc) is 2.99. The van der Waals surface area contributed by atoms with Crippen molar-refractivity contribution in [1.29, 1.82) is 0 Å². The van der Waals surface area contributed by atoms with E-state index in [0.717, 1.165) is 31.4 Å². The Morgan fingerprint density at radius 1 is 0.739 bits per heavy atom. The number of benzene rings is 3. The monoisotopic (exact) mass is 656 g/mol. The van der Waals surface area contributed by atoms with E-state index in [-0.39, 0.29) is 54.7 Å². The molecule has 2 aliphatic carbocycles. The number of hydrogen-bond acceptors (Lipinski definition) is 1. The predicted molar refractivity (Wildman–Crippen MR) is 157 cm³/mol. The quantitative estimate of drug-likeness (QED) is 0.156. The molecular weight excluding hydrogens is 619 g/mol. The van der Waals surface area contributed by atoms with Gasteiger partial charge in [-0.05, 0) is 135 Å². The van der Waals surface area contributed by atoms with Gasteiger partial charge >= 0.3 is 6.36 Å². The summed E-state index contributed by atoms with van der Waals surface area (Å²) in [5, 5.41) is 0. The minimum atomic E-state index is -5.17. The Bertz CT molecular complexity index is 1520. The van der Waals surface area contributed by atoms with Crippen molar-refractivity contribution < 1.29 is 44.3 Å². The molecule has 1 nitrogen and oxygen atoms in total. The zero-order valence-electron chi connectivity index (χ0n) is 25.6. The third-order valence-electron chi connectivity index (χ3n) is 9.71. The maximum atomic E-state index is 15.8. The lowest BCUT2D eigenvalue weighted by Gasteiger charge is -2.32. The molecule has 0 N–H and O–H groups in total. The molecule has 0 heterocycles. The van der Waals surface area contributed by atoms with Crippen LogP contribution in [-0.2, 0) is 25.7 Å². The summed E-state index contributed by atoms with van der Waals surface area (Å²) in [5.41, 5.74) is 1.56. The molecule has 0 radical (unpaired) electrons. The molecule has 1 fully saturated rings. The summed E-state index contributed by atoms with van der Waals surface area (Å²) in [7, 11) is 0. The SMILES string of the molecule is CCCCCc1cc(F)c(CCC2CCc3c(cc(F)c(C4CCC(c5ccc(OC(F)(F)F)c(F)c5F)CC4)c3F)C2)c(F)c1. The highest BCUT2D eigenvalue weighted by Crippen LogP contribution is 2.45. The first-order valence-electron chi connectivity index (χ1n) is 16.1. The van der Waals surface area contributed by atoms with Gasteiger partial charge < -0.3 is 4.74 Å². The van der Waals surface area contributed by atoms with Crippen LogP contribution >= 0.6 is 0 Å². The highest BCUT2D eigenvalue weighted by atomic mass is 19.4. The van der Waals surface area contributed by atoms with Crippen LogP contribution in [0, 0.1) is 40.8 Å². The predicted octanol–water partition coefficient (Wildman–Crippen LogP) is 11.3. The Morgan fingerprint density at radius 2 is 1.41 bits per heavy atom. The first-order valence-corrected chi connectivity index (χ1v) is 16.1. The standard InChI is InChI=1S/C36H37F9O/c1-2-3-4-5-21-17-28(37)27(29(38)18-21)13-7-20-6-12-26-24(16-20)19-30(39)32(33(26)40)23-10-8-22(9-11-23)25-14-15-31(35(42)34(25)41)46-36(43,44)45/h14-15,17-20,22-23H,2-13,16H2,1H3. The summed E-state index contributed by atoms with van der Waals surface area (Å²) in [4.78, 5) is 0. The van der Waals surface area contributed by atoms with E-state index in [9.17, 15) is 30.7 Å². The van der Waals surface area contributed by atoms with E-state index in [1.807, 2.05) is 0 Å². The number of alkyl halides is 3. The molecule has 0 saturated heterocycles. The van der Waals surface area contributed by atoms with E-state index >= 15 is 8.78 Å². The van der Waals surface area contributed by atoms with Gasteiger partial charge in [0.25, 0.3) is 0 Å². The summed E-state index contributed by atoms with van der Waals surface area (Å²) >= 11 is 0. The molecule has 1 saturated carbocycles. The molecule has 10 heteroatoms. The van der Waals surface area contributed by atoms with E-state index < -0.39 is 58.9 Å². The fourth-order valence-electron chi connectivity index (χ4n) is 7.29. The van der Waals surface area contributed by atoms with Gasteiger partial charge in [-0.1, -0.05) is 25.8 Å². The second-order valence-corrected chi connectivity index (χ2v) is 12.7. The smallest absolute Gasteiger partial charge is 0.403 e. The van der Waals surface area contributed by atoms with E-state index in [0.29, 0.717) is 48.8 Å². The second-order valence-electron chi connectivity index (χ2n) is 12.7. The molecule has 0 spiro atoms. The van der Waals surface area contributed by atoms with Crippen molar-refractivity contribution in [1.82, 2.24) is 0 Å². The molecule has 1 atom stereocenters. The van der Waals surface area contributed by atoms with Crippen LogP contribution in [0.5, 0.6) is 5.75 Å². The molecule has 5 rings (SSSR count). The van der Waals surface area contributed by atoms with Crippen molar-refractivity contribution in [2.24, 2.45) is 5.92 Å². The molecule has 46 heavy (non-hydrogen) atoms. The van der Waals surface area contributed by atoms with E-state index in [4.69, 9.17) is 0 Å². The Balaban J connectivity index is 1.21. The molecule has 250 valence electrons. The fourth-order valence-corrected chi connectivity index (χ4v) is 7.29. The molecule has 3 aromatic carbocycles. The van der Waals surface area contributed by atoms with Crippen LogP contribution in [0.3, 0.4) is 0 Å². The Hall–Kier alpha value is -3.17. The Labute approximate surface area is 263 Å². The third-order valence-corrected chi connectivity index (χ3v) is 9.71. The Morgan fingerprint density at radius 3 is 2.07 bits per heavy atom. The number of hydrogen-bond donors (Lipinski definition) is 0. The number of fused-ring (bicyclic) bond motifs is 1. The van der Waals surface area contributed by atoms with Crippen molar-refractivity contribution >= 4 is 0 Å². The normalized spacial score (nSPS) is 20.1. The van der Waals surface area contributed by atoms with Gasteiger partial charge in [-0.3, -0.25) is 0 Å². The average molecular weight is 657 g/mol. The lowest BCUT2D eigenvalue weighted by atomic mass is 9.74. The summed E-state index contributed by atoms with van der Waals surface area (Å²) < 4.78 is 131. The van der Waals surface area contributed by atoms with Gasteiger partial charge in [0, 0.05) is 11.1 Å². The largest absolute Gasteiger partial charge is 0.573 e. The highest BCUT2D eigenvalue weighted by molar-refractivity contribution is 5.40. The summed E-state index contributed by atoms with van der Waals surface area (Å²) in [6.07, 6.45) is 1.49. The summed E-state index contributed by atoms with van der Waals surface area (Å²) in [6, 6.07) is 5.96. The fraction of sp³-hybridized carbons (Fsp3) is 0.500. The number of halogens is 9. The number of unbranched alkanes of at least 4 members (excludes halogenated alkanes) is 2. The van der Waals surface area contributed by atoms with Crippen LogP contribution < -0.4 is 4.74 Å². The molecule has 0 amide bonds. The molecule has 0 aromatic heterocycles. The first-order chi connectivity index (χ1) is 21.9. The summed E-state index contributed by atoms with van der Waals surface area (Å²) in [5.74, 6) is -7.80. The molecule has 2 aliphatic rings. The maximum Gasteiger partial charge on any atom is 0.573 e. The molecule has 0 bridgehead atoms. The van der Waals surface area contributed by atoms with E-state index in [2.05, 4.69) is 11.7 Å². The van der Waals surface area contributed by atoms with E-state index in [1.54, 1.807) is 0 Å². The number of ether oxygens (including phenoxy) is 1. The first kappa shape index (κ1) is 34.2. The topological polar surface area (TPSA) is 9.23 Å². The molecule has 0 aliphatic heterocycles. The van der Waals surface area contributed by atoms with E-state index in [1.165, 1.54) is 18.2 Å². The van der Waals surface area contributed by atoms with Crippen LogP contribution in [-0.4, -0.2) is 6.36 Å². The lowest BCUT2D eigenvalue weighted by Crippen LogP contribution is -2.21. The number of aryl methyl sites for hydroxylation is 1. The van der Waals surface area contributed by atoms with Gasteiger partial charge in [0.15, 0.2) is 11.6 Å². The van der Waals surface area contributed by atoms with Crippen LogP contribution in [0.15, 0.2) is 30.3 Å². The lowest BCUT2D eigenvalue weighted by molar-refractivity contribution is -0.275. The molecular formula is C36H37F9O. The minimum absolute atomic E-state index is 0.0128. The zero-order chi connectivity index (χ0) is 33.2. The van der Waals surface area contributed by atoms with Gasteiger partial charge in [0.1, 0.15) is 23.3 Å². The van der Waals surface area contributed by atoms with Crippen molar-refractivity contribution in [3.8, 4) is 5.75 Å². The highest BCUT2D eigenvalue weighted by Gasteiger charge is 2.35. The van der Waals surface area contributed by atoms with Gasteiger partial charge in [-0.2, -0.15) is 4.39 Å². The van der Waals surface area contributed by atoms with Gasteiger partial charge in [0.05, 0.1) is 0 Å². The number of rotatable bonds is 10. The Kier molecular flexibility index (Phi) is 10.6. The summed E-state index contributed by atoms with van der Waals surface area (Å²) in [6.45, 7) is 2.06. The van der Waals surface area contributed by atoms with Crippen LogP contribution in [0.1, 0.15) is 110 Å². The maximum absolute atomic E-state index is 15.8. The molecule has 3 aromatic rings. The third kappa shape index (κ3) is 7.68.